The number of hydrogen-bond donors (Lipinski definition) is 0. The molecule has 0 aliphatic carbocycles. The number of benzene rings is 1. The van der Waals surface area contributed by atoms with Gasteiger partial charge in [-0.15, -0.1) is 11.6 Å². The van der Waals surface area contributed by atoms with Gasteiger partial charge in [0.05, 0.1) is 5.38 Å². The van der Waals surface area contributed by atoms with Crippen LogP contribution >= 0.6 is 11.6 Å². The molecular weight excluding hydrogens is 266 g/mol. The first-order valence-electron chi connectivity index (χ1n) is 7.24. The Balaban J connectivity index is 2.20. The lowest BCUT2D eigenvalue weighted by molar-refractivity contribution is 0.506. The van der Waals surface area contributed by atoms with Crippen LogP contribution in [0.5, 0.6) is 0 Å². The Morgan fingerprint density at radius 3 is 2.21 bits per heavy atom. The summed E-state index contributed by atoms with van der Waals surface area (Å²) in [5, 5.41) is -0.217. The largest absolute Gasteiger partial charge is 0.204 e. The van der Waals surface area contributed by atoms with E-state index in [1.165, 1.54) is 38.2 Å². The van der Waals surface area contributed by atoms with Crippen LogP contribution < -0.4 is 0 Å². The monoisotopic (exact) mass is 288 g/mol. The Kier molecular flexibility index (Phi) is 8.04. The molecular formula is C16H23ClF2. The molecule has 0 saturated carbocycles. The molecule has 0 amide bonds. The molecule has 1 aromatic rings. The SMILES string of the molecule is CCCCCCCCCC(Cl)c1ccc(F)c(F)c1. The third-order valence-corrected chi connectivity index (χ3v) is 3.84. The number of alkyl halides is 1. The van der Waals surface area contributed by atoms with Gasteiger partial charge in [-0.3, -0.25) is 0 Å². The normalized spacial score (nSPS) is 12.6. The maximum absolute atomic E-state index is 13.1. The van der Waals surface area contributed by atoms with Crippen molar-refractivity contribution in [1.82, 2.24) is 0 Å². The molecule has 0 nitrogen and oxygen atoms in total. The van der Waals surface area contributed by atoms with E-state index in [0.29, 0.717) is 5.56 Å². The number of halogens is 3. The van der Waals surface area contributed by atoms with E-state index in [2.05, 4.69) is 6.92 Å². The van der Waals surface area contributed by atoms with Gasteiger partial charge in [0.2, 0.25) is 0 Å². The standard InChI is InChI=1S/C16H23ClF2/c1-2-3-4-5-6-7-8-9-14(17)13-10-11-15(18)16(19)12-13/h10-12,14H,2-9H2,1H3. The second kappa shape index (κ2) is 9.30. The molecule has 0 aromatic heterocycles. The third kappa shape index (κ3) is 6.38. The van der Waals surface area contributed by atoms with E-state index in [0.717, 1.165) is 25.3 Å². The highest BCUT2D eigenvalue weighted by molar-refractivity contribution is 6.20. The molecule has 1 aromatic carbocycles. The van der Waals surface area contributed by atoms with Crippen molar-refractivity contribution >= 4 is 11.6 Å². The molecule has 0 saturated heterocycles. The minimum absolute atomic E-state index is 0.217. The minimum atomic E-state index is -0.817. The first-order valence-corrected chi connectivity index (χ1v) is 7.67. The second-order valence-electron chi connectivity index (χ2n) is 5.05. The lowest BCUT2D eigenvalue weighted by atomic mass is 10.0. The van der Waals surface area contributed by atoms with Crippen LogP contribution in [0.25, 0.3) is 0 Å². The molecule has 0 heterocycles. The molecule has 0 aliphatic rings. The quantitative estimate of drug-likeness (QED) is 0.365. The topological polar surface area (TPSA) is 0 Å². The highest BCUT2D eigenvalue weighted by atomic mass is 35.5. The van der Waals surface area contributed by atoms with Crippen LogP contribution in [0, 0.1) is 11.6 Å². The van der Waals surface area contributed by atoms with E-state index in [9.17, 15) is 8.78 Å². The van der Waals surface area contributed by atoms with Gasteiger partial charge in [0.1, 0.15) is 0 Å². The average Bonchev–Trinajstić information content (AvgIpc) is 2.40. The Bertz CT molecular complexity index is 366. The van der Waals surface area contributed by atoms with Crippen molar-refractivity contribution in [3.8, 4) is 0 Å². The van der Waals surface area contributed by atoms with Crippen LogP contribution in [0.1, 0.15) is 69.2 Å². The molecule has 0 fully saturated rings. The summed E-state index contributed by atoms with van der Waals surface area (Å²) in [6, 6.07) is 3.91. The van der Waals surface area contributed by atoms with E-state index in [1.54, 1.807) is 6.07 Å². The molecule has 1 atom stereocenters. The molecule has 1 rings (SSSR count). The molecule has 1 unspecified atom stereocenters. The van der Waals surface area contributed by atoms with Gasteiger partial charge in [-0.2, -0.15) is 0 Å². The molecule has 0 radical (unpaired) electrons. The molecule has 0 aliphatic heterocycles. The van der Waals surface area contributed by atoms with E-state index in [4.69, 9.17) is 11.6 Å². The van der Waals surface area contributed by atoms with Crippen molar-refractivity contribution in [2.24, 2.45) is 0 Å². The Morgan fingerprint density at radius 2 is 1.58 bits per heavy atom. The van der Waals surface area contributed by atoms with Crippen LogP contribution in [0.4, 0.5) is 8.78 Å². The van der Waals surface area contributed by atoms with Gasteiger partial charge in [0.15, 0.2) is 11.6 Å². The zero-order valence-electron chi connectivity index (χ0n) is 11.6. The van der Waals surface area contributed by atoms with Gasteiger partial charge in [0.25, 0.3) is 0 Å². The maximum Gasteiger partial charge on any atom is 0.159 e. The zero-order chi connectivity index (χ0) is 14.1. The molecule has 108 valence electrons. The fourth-order valence-corrected chi connectivity index (χ4v) is 2.44. The van der Waals surface area contributed by atoms with Crippen LogP contribution in [-0.4, -0.2) is 0 Å². The Hall–Kier alpha value is -0.630. The summed E-state index contributed by atoms with van der Waals surface area (Å²) in [6.07, 6.45) is 9.43. The average molecular weight is 289 g/mol. The van der Waals surface area contributed by atoms with Crippen molar-refractivity contribution in [1.29, 1.82) is 0 Å². The van der Waals surface area contributed by atoms with Gasteiger partial charge in [-0.05, 0) is 24.1 Å². The van der Waals surface area contributed by atoms with Crippen LogP contribution in [0.3, 0.4) is 0 Å². The van der Waals surface area contributed by atoms with Gasteiger partial charge >= 0.3 is 0 Å². The van der Waals surface area contributed by atoms with Crippen molar-refractivity contribution in [3.63, 3.8) is 0 Å². The van der Waals surface area contributed by atoms with Gasteiger partial charge in [-0.1, -0.05) is 57.9 Å². The van der Waals surface area contributed by atoms with E-state index in [-0.39, 0.29) is 5.38 Å². The number of hydrogen-bond acceptors (Lipinski definition) is 0. The smallest absolute Gasteiger partial charge is 0.159 e. The number of rotatable bonds is 9. The molecule has 0 spiro atoms. The van der Waals surface area contributed by atoms with Gasteiger partial charge in [-0.25, -0.2) is 8.78 Å². The Labute approximate surface area is 120 Å². The molecule has 0 N–H and O–H groups in total. The van der Waals surface area contributed by atoms with E-state index in [1.807, 2.05) is 0 Å². The summed E-state index contributed by atoms with van der Waals surface area (Å²) in [5.74, 6) is -1.63. The van der Waals surface area contributed by atoms with Crippen LogP contribution in [0.15, 0.2) is 18.2 Å². The lowest BCUT2D eigenvalue weighted by Gasteiger charge is -2.10. The summed E-state index contributed by atoms with van der Waals surface area (Å²) in [7, 11) is 0. The summed E-state index contributed by atoms with van der Waals surface area (Å²) in [4.78, 5) is 0. The summed E-state index contributed by atoms with van der Waals surface area (Å²) < 4.78 is 25.9. The zero-order valence-corrected chi connectivity index (χ0v) is 12.4. The number of unbranched alkanes of at least 4 members (excludes halogenated alkanes) is 6. The van der Waals surface area contributed by atoms with Crippen LogP contribution in [0.2, 0.25) is 0 Å². The summed E-state index contributed by atoms with van der Waals surface area (Å²) in [6.45, 7) is 2.21. The van der Waals surface area contributed by atoms with Crippen molar-refractivity contribution in [2.75, 3.05) is 0 Å². The van der Waals surface area contributed by atoms with Crippen LogP contribution in [-0.2, 0) is 0 Å². The Morgan fingerprint density at radius 1 is 0.947 bits per heavy atom. The fourth-order valence-electron chi connectivity index (χ4n) is 2.15. The maximum atomic E-state index is 13.1. The second-order valence-corrected chi connectivity index (χ2v) is 5.58. The van der Waals surface area contributed by atoms with Gasteiger partial charge < -0.3 is 0 Å². The first-order chi connectivity index (χ1) is 9.15. The van der Waals surface area contributed by atoms with Crippen molar-refractivity contribution in [3.05, 3.63) is 35.4 Å². The van der Waals surface area contributed by atoms with E-state index >= 15 is 0 Å². The summed E-state index contributed by atoms with van der Waals surface area (Å²) in [5.41, 5.74) is 0.673. The highest BCUT2D eigenvalue weighted by Crippen LogP contribution is 2.27. The predicted molar refractivity (Wildman–Crippen MR) is 77.6 cm³/mol. The molecule has 19 heavy (non-hydrogen) atoms. The first kappa shape index (κ1) is 16.4. The predicted octanol–water partition coefficient (Wildman–Crippen LogP) is 6.39. The van der Waals surface area contributed by atoms with Crippen molar-refractivity contribution in [2.45, 2.75) is 63.7 Å². The third-order valence-electron chi connectivity index (χ3n) is 3.37. The summed E-state index contributed by atoms with van der Waals surface area (Å²) >= 11 is 6.20. The van der Waals surface area contributed by atoms with Gasteiger partial charge in [0, 0.05) is 0 Å². The minimum Gasteiger partial charge on any atom is -0.204 e. The molecule has 3 heteroatoms. The van der Waals surface area contributed by atoms with Crippen molar-refractivity contribution < 1.29 is 8.78 Å². The fraction of sp³-hybridized carbons (Fsp3) is 0.625. The lowest BCUT2D eigenvalue weighted by Crippen LogP contribution is -1.94. The molecule has 0 bridgehead atoms. The van der Waals surface area contributed by atoms with E-state index < -0.39 is 11.6 Å². The highest BCUT2D eigenvalue weighted by Gasteiger charge is 2.10.